The van der Waals surface area contributed by atoms with Gasteiger partial charge in [-0.1, -0.05) is 34.4 Å². The normalized spacial score (nSPS) is 11.0. The van der Waals surface area contributed by atoms with Crippen molar-refractivity contribution in [2.75, 3.05) is 0 Å². The van der Waals surface area contributed by atoms with Gasteiger partial charge in [0.1, 0.15) is 11.5 Å². The van der Waals surface area contributed by atoms with Crippen LogP contribution in [0.15, 0.2) is 60.7 Å². The van der Waals surface area contributed by atoms with Gasteiger partial charge in [-0.3, -0.25) is 9.59 Å². The van der Waals surface area contributed by atoms with Gasteiger partial charge in [-0.25, -0.2) is 0 Å². The zero-order valence-corrected chi connectivity index (χ0v) is 18.5. The highest BCUT2D eigenvalue weighted by molar-refractivity contribution is 6.23. The number of phenolic OH excluding ortho intramolecular Hbond substituents is 2. The molecule has 0 amide bonds. The largest absolute Gasteiger partial charge is 0.507 e. The first-order valence-corrected chi connectivity index (χ1v) is 10.4. The van der Waals surface area contributed by atoms with Crippen LogP contribution in [-0.4, -0.2) is 21.8 Å². The van der Waals surface area contributed by atoms with Gasteiger partial charge >= 0.3 is 0 Å². The molecule has 160 valence electrons. The van der Waals surface area contributed by atoms with E-state index in [0.717, 1.165) is 22.3 Å². The molecule has 4 aromatic carbocycles. The fourth-order valence-corrected chi connectivity index (χ4v) is 4.36. The quantitative estimate of drug-likeness (QED) is 0.397. The van der Waals surface area contributed by atoms with Gasteiger partial charge in [0, 0.05) is 11.1 Å². The van der Waals surface area contributed by atoms with Crippen molar-refractivity contribution in [3.05, 3.63) is 105 Å². The summed E-state index contributed by atoms with van der Waals surface area (Å²) < 4.78 is 0. The van der Waals surface area contributed by atoms with E-state index in [1.54, 1.807) is 36.4 Å². The van der Waals surface area contributed by atoms with Gasteiger partial charge in [0.2, 0.25) is 0 Å². The van der Waals surface area contributed by atoms with E-state index in [9.17, 15) is 19.8 Å². The third-order valence-corrected chi connectivity index (χ3v) is 5.58. The Labute approximate surface area is 186 Å². The summed E-state index contributed by atoms with van der Waals surface area (Å²) in [5, 5.41) is 22.0. The number of hydrogen-bond donors (Lipinski definition) is 2. The second-order valence-corrected chi connectivity index (χ2v) is 8.43. The molecule has 0 aliphatic rings. The van der Waals surface area contributed by atoms with Crippen LogP contribution in [0.1, 0.15) is 54.1 Å². The Kier molecular flexibility index (Phi) is 5.31. The summed E-state index contributed by atoms with van der Waals surface area (Å²) in [5.41, 5.74) is 4.91. The lowest BCUT2D eigenvalue weighted by Gasteiger charge is -2.14. The molecule has 32 heavy (non-hydrogen) atoms. The molecule has 0 saturated heterocycles. The lowest BCUT2D eigenvalue weighted by atomic mass is 9.90. The fraction of sp³-hybridized carbons (Fsp3) is 0.143. The molecule has 0 atom stereocenters. The van der Waals surface area contributed by atoms with Crippen LogP contribution >= 0.6 is 0 Å². The summed E-state index contributed by atoms with van der Waals surface area (Å²) in [7, 11) is 0. The zero-order valence-electron chi connectivity index (χ0n) is 18.5. The Morgan fingerprint density at radius 3 is 1.16 bits per heavy atom. The van der Waals surface area contributed by atoms with E-state index in [-0.39, 0.29) is 34.2 Å². The smallest absolute Gasteiger partial charge is 0.197 e. The minimum atomic E-state index is -0.338. The molecule has 0 saturated carbocycles. The predicted molar refractivity (Wildman–Crippen MR) is 126 cm³/mol. The van der Waals surface area contributed by atoms with E-state index in [0.29, 0.717) is 21.9 Å². The maximum absolute atomic E-state index is 13.4. The van der Waals surface area contributed by atoms with Crippen molar-refractivity contribution in [1.29, 1.82) is 0 Å². The molecular weight excluding hydrogens is 400 g/mol. The van der Waals surface area contributed by atoms with E-state index in [1.807, 2.05) is 39.8 Å². The molecule has 0 unspecified atom stereocenters. The highest BCUT2D eigenvalue weighted by Gasteiger charge is 2.23. The average Bonchev–Trinajstić information content (AvgIpc) is 2.71. The second-order valence-electron chi connectivity index (χ2n) is 8.43. The Balaban J connectivity index is 1.95. The Bertz CT molecular complexity index is 1260. The molecule has 4 heteroatoms. The number of carbonyl (C=O) groups is 2. The molecule has 0 radical (unpaired) electrons. The van der Waals surface area contributed by atoms with Crippen molar-refractivity contribution in [3.8, 4) is 11.5 Å². The molecule has 0 spiro atoms. The number of ketones is 2. The monoisotopic (exact) mass is 424 g/mol. The van der Waals surface area contributed by atoms with Gasteiger partial charge in [-0.2, -0.15) is 0 Å². The van der Waals surface area contributed by atoms with E-state index >= 15 is 0 Å². The second kappa shape index (κ2) is 7.97. The van der Waals surface area contributed by atoms with Crippen molar-refractivity contribution in [1.82, 2.24) is 0 Å². The van der Waals surface area contributed by atoms with Gasteiger partial charge < -0.3 is 10.2 Å². The molecule has 2 N–H and O–H groups in total. The Morgan fingerprint density at radius 1 is 0.531 bits per heavy atom. The summed E-state index contributed by atoms with van der Waals surface area (Å²) in [4.78, 5) is 26.8. The number of fused-ring (bicyclic) bond motifs is 1. The minimum absolute atomic E-state index is 0.113. The lowest BCUT2D eigenvalue weighted by molar-refractivity contribution is 0.102. The lowest BCUT2D eigenvalue weighted by Crippen LogP contribution is -2.07. The maximum Gasteiger partial charge on any atom is 0.197 e. The molecule has 0 aromatic heterocycles. The Morgan fingerprint density at radius 2 is 0.844 bits per heavy atom. The fourth-order valence-electron chi connectivity index (χ4n) is 4.36. The van der Waals surface area contributed by atoms with Gasteiger partial charge in [0.25, 0.3) is 0 Å². The molecule has 4 aromatic rings. The summed E-state index contributed by atoms with van der Waals surface area (Å²) in [6, 6.07) is 17.0. The third-order valence-electron chi connectivity index (χ3n) is 5.58. The highest BCUT2D eigenvalue weighted by Crippen LogP contribution is 2.36. The predicted octanol–water partition coefficient (Wildman–Crippen LogP) is 5.95. The van der Waals surface area contributed by atoms with Crippen LogP contribution in [0.5, 0.6) is 11.5 Å². The van der Waals surface area contributed by atoms with Crippen LogP contribution in [0, 0.1) is 27.7 Å². The average molecular weight is 424 g/mol. The standard InChI is InChI=1S/C28H24O4/c1-15-9-16(2)12-19(11-15)27(31)25-21-5-8-24(30)26(22(21)6-7-23(25)29)28(32)20-13-17(3)10-18(4)14-20/h5-14,29-30H,1-4H3. The first-order chi connectivity index (χ1) is 15.2. The molecule has 4 rings (SSSR count). The summed E-state index contributed by atoms with van der Waals surface area (Å²) in [5.74, 6) is -1.01. The van der Waals surface area contributed by atoms with E-state index in [1.165, 1.54) is 12.1 Å². The van der Waals surface area contributed by atoms with E-state index < -0.39 is 0 Å². The van der Waals surface area contributed by atoms with Crippen molar-refractivity contribution >= 4 is 22.3 Å². The molecule has 0 fully saturated rings. The summed E-state index contributed by atoms with van der Waals surface area (Å²) >= 11 is 0. The number of rotatable bonds is 4. The molecule has 0 aliphatic heterocycles. The first kappa shape index (κ1) is 21.3. The van der Waals surface area contributed by atoms with Crippen molar-refractivity contribution in [2.24, 2.45) is 0 Å². The number of phenols is 2. The number of hydrogen-bond acceptors (Lipinski definition) is 4. The molecule has 0 aliphatic carbocycles. The van der Waals surface area contributed by atoms with Crippen molar-refractivity contribution in [3.63, 3.8) is 0 Å². The third kappa shape index (κ3) is 3.76. The van der Waals surface area contributed by atoms with Gasteiger partial charge in [-0.05, 0) is 87.0 Å². The van der Waals surface area contributed by atoms with Crippen molar-refractivity contribution in [2.45, 2.75) is 27.7 Å². The number of aryl methyl sites for hydroxylation is 4. The van der Waals surface area contributed by atoms with Crippen LogP contribution in [0.4, 0.5) is 0 Å². The zero-order chi connectivity index (χ0) is 23.2. The van der Waals surface area contributed by atoms with Crippen LogP contribution in [0.2, 0.25) is 0 Å². The van der Waals surface area contributed by atoms with Crippen LogP contribution in [0.25, 0.3) is 10.8 Å². The van der Waals surface area contributed by atoms with Gasteiger partial charge in [-0.15, -0.1) is 0 Å². The van der Waals surface area contributed by atoms with Gasteiger partial charge in [0.15, 0.2) is 11.6 Å². The molecule has 4 nitrogen and oxygen atoms in total. The van der Waals surface area contributed by atoms with Gasteiger partial charge in [0.05, 0.1) is 11.1 Å². The molecule has 0 bridgehead atoms. The molecule has 0 heterocycles. The van der Waals surface area contributed by atoms with E-state index in [4.69, 9.17) is 0 Å². The van der Waals surface area contributed by atoms with Crippen LogP contribution < -0.4 is 0 Å². The number of benzene rings is 4. The number of carbonyl (C=O) groups excluding carboxylic acids is 2. The first-order valence-electron chi connectivity index (χ1n) is 10.4. The summed E-state index contributed by atoms with van der Waals surface area (Å²) in [6.45, 7) is 7.63. The number of aromatic hydroxyl groups is 2. The Hall–Kier alpha value is -3.92. The maximum atomic E-state index is 13.4. The van der Waals surface area contributed by atoms with E-state index in [2.05, 4.69) is 0 Å². The van der Waals surface area contributed by atoms with Crippen molar-refractivity contribution < 1.29 is 19.8 Å². The topological polar surface area (TPSA) is 74.6 Å². The molecular formula is C28H24O4. The summed E-state index contributed by atoms with van der Waals surface area (Å²) in [6.07, 6.45) is 0. The minimum Gasteiger partial charge on any atom is -0.507 e. The SMILES string of the molecule is Cc1cc(C)cc(C(=O)c2c(O)ccc3c(C(=O)c4cc(C)cc(C)c4)c(O)ccc23)c1. The van der Waals surface area contributed by atoms with Crippen LogP contribution in [0.3, 0.4) is 0 Å². The highest BCUT2D eigenvalue weighted by atomic mass is 16.3. The van der Waals surface area contributed by atoms with Crippen LogP contribution in [-0.2, 0) is 0 Å².